The number of imidazole rings is 1. The second kappa shape index (κ2) is 10.9. The number of aliphatic imine (C=N–C) groups is 1. The van der Waals surface area contributed by atoms with E-state index in [1.54, 1.807) is 14.1 Å². The van der Waals surface area contributed by atoms with E-state index in [1.807, 2.05) is 32.2 Å². The average Bonchev–Trinajstić information content (AvgIpc) is 3.07. The number of hydrogen-bond donors (Lipinski definition) is 0. The number of fused-ring (bicyclic) bond motifs is 1. The van der Waals surface area contributed by atoms with Gasteiger partial charge in [-0.3, -0.25) is 9.30 Å². The molecular weight excluding hydrogens is 626 g/mol. The molecule has 162 valence electrons. The number of hydrogen-bond acceptors (Lipinski definition) is 4. The molecule has 9 heteroatoms. The summed E-state index contributed by atoms with van der Waals surface area (Å²) in [5.41, 5.74) is 5.81. The Kier molecular flexibility index (Phi) is 9.10. The lowest BCUT2D eigenvalue weighted by Gasteiger charge is -2.16. The van der Waals surface area contributed by atoms with Crippen LogP contribution in [-0.4, -0.2) is 44.0 Å². The quantitative estimate of drug-likeness (QED) is 0.280. The van der Waals surface area contributed by atoms with Crippen molar-refractivity contribution in [2.45, 2.75) is 19.8 Å². The van der Waals surface area contributed by atoms with Crippen LogP contribution in [0.3, 0.4) is 0 Å². The molecule has 0 aliphatic heterocycles. The monoisotopic (exact) mass is 652 g/mol. The zero-order valence-corrected chi connectivity index (χ0v) is 22.9. The maximum Gasteiger partial charge on any atom is 0.231 e. The first-order valence-electron chi connectivity index (χ1n) is 9.27. The minimum Gasteiger partial charge on any atom is -0.331 e. The van der Waals surface area contributed by atoms with E-state index in [-0.39, 0.29) is 0 Å². The van der Waals surface area contributed by atoms with Gasteiger partial charge in [0.1, 0.15) is 5.82 Å². The molecule has 3 rings (SSSR count). The summed E-state index contributed by atoms with van der Waals surface area (Å²) < 4.78 is 26.9. The van der Waals surface area contributed by atoms with E-state index in [0.717, 1.165) is 41.0 Å². The molecule has 0 fully saturated rings. The lowest BCUT2D eigenvalue weighted by molar-refractivity contribution is 0.600. The third kappa shape index (κ3) is 5.94. The highest BCUT2D eigenvalue weighted by atomic mass is 128. The predicted molar refractivity (Wildman–Crippen MR) is 144 cm³/mol. The van der Waals surface area contributed by atoms with Crippen molar-refractivity contribution in [3.05, 3.63) is 59.4 Å². The minimum absolute atomic E-state index is 0.614. The maximum atomic E-state index is 11.8. The van der Waals surface area contributed by atoms with Crippen LogP contribution in [0, 0.1) is 0 Å². The predicted octanol–water partition coefficient (Wildman–Crippen LogP) is 4.96. The molecule has 0 unspecified atom stereocenters. The van der Waals surface area contributed by atoms with Gasteiger partial charge >= 0.3 is 0 Å². The normalized spacial score (nSPS) is 11.9. The summed E-state index contributed by atoms with van der Waals surface area (Å²) in [4.78, 5) is 8.95. The van der Waals surface area contributed by atoms with Gasteiger partial charge in [0.05, 0.1) is 23.0 Å². The molecule has 0 aliphatic rings. The first-order valence-corrected chi connectivity index (χ1v) is 17.4. The standard InChI is InChI=1S/C21H26N4O2S.I2/c1-15(22-2)17-9-6-16(7-10-17)8-13-21-23-19-14-18(25(4)28(5,26)27)11-12-20(19)24(21)3;1-2/h6-7,9-12,14H,8,13H2,1-5H3;. The summed E-state index contributed by atoms with van der Waals surface area (Å²) in [6, 6.07) is 14.0. The van der Waals surface area contributed by atoms with Crippen molar-refractivity contribution in [3.63, 3.8) is 0 Å². The second-order valence-corrected chi connectivity index (χ2v) is 9.01. The van der Waals surface area contributed by atoms with Crippen molar-refractivity contribution in [2.24, 2.45) is 12.0 Å². The summed E-state index contributed by atoms with van der Waals surface area (Å²) in [5, 5.41) is 0. The van der Waals surface area contributed by atoms with Gasteiger partial charge in [-0.1, -0.05) is 24.3 Å². The van der Waals surface area contributed by atoms with Gasteiger partial charge in [0.25, 0.3) is 0 Å². The van der Waals surface area contributed by atoms with Crippen LogP contribution in [0.15, 0.2) is 47.5 Å². The third-order valence-corrected chi connectivity index (χ3v) is 6.37. The molecule has 0 spiro atoms. The first kappa shape index (κ1) is 25.1. The Morgan fingerprint density at radius 1 is 1.13 bits per heavy atom. The van der Waals surface area contributed by atoms with Crippen molar-refractivity contribution in [3.8, 4) is 0 Å². The number of halogens is 2. The Labute approximate surface area is 202 Å². The smallest absolute Gasteiger partial charge is 0.231 e. The highest BCUT2D eigenvalue weighted by Gasteiger charge is 2.15. The fourth-order valence-corrected chi connectivity index (χ4v) is 3.64. The van der Waals surface area contributed by atoms with Crippen LogP contribution in [0.5, 0.6) is 0 Å². The number of nitrogens with zero attached hydrogens (tertiary/aromatic N) is 4. The first-order chi connectivity index (χ1) is 14.2. The maximum absolute atomic E-state index is 11.8. The van der Waals surface area contributed by atoms with Crippen molar-refractivity contribution in [2.75, 3.05) is 24.7 Å². The molecule has 0 bridgehead atoms. The van der Waals surface area contributed by atoms with E-state index in [2.05, 4.69) is 71.1 Å². The van der Waals surface area contributed by atoms with Gasteiger partial charge in [-0.2, -0.15) is 0 Å². The van der Waals surface area contributed by atoms with Crippen LogP contribution in [-0.2, 0) is 29.9 Å². The number of rotatable bonds is 6. The number of sulfonamides is 1. The summed E-state index contributed by atoms with van der Waals surface area (Å²) in [7, 11) is 2.05. The zero-order valence-electron chi connectivity index (χ0n) is 17.7. The van der Waals surface area contributed by atoms with Crippen LogP contribution < -0.4 is 4.31 Å². The average molecular weight is 652 g/mol. The number of anilines is 1. The summed E-state index contributed by atoms with van der Waals surface area (Å²) in [6.07, 6.45) is 2.89. The van der Waals surface area contributed by atoms with Crippen LogP contribution >= 0.6 is 37.2 Å². The molecule has 6 nitrogen and oxygen atoms in total. The molecule has 30 heavy (non-hydrogen) atoms. The topological polar surface area (TPSA) is 67.6 Å². The van der Waals surface area contributed by atoms with Gasteiger partial charge in [-0.05, 0) is 42.7 Å². The number of benzene rings is 2. The fraction of sp³-hybridized carbons (Fsp3) is 0.333. The molecule has 2 aromatic carbocycles. The Morgan fingerprint density at radius 2 is 1.77 bits per heavy atom. The highest BCUT2D eigenvalue weighted by Crippen LogP contribution is 2.23. The lowest BCUT2D eigenvalue weighted by atomic mass is 10.1. The second-order valence-electron chi connectivity index (χ2n) is 7.00. The van der Waals surface area contributed by atoms with Gasteiger partial charge in [0, 0.05) is 70.5 Å². The van der Waals surface area contributed by atoms with Crippen LogP contribution in [0.1, 0.15) is 23.9 Å². The van der Waals surface area contributed by atoms with Crippen LogP contribution in [0.4, 0.5) is 5.69 Å². The fourth-order valence-electron chi connectivity index (χ4n) is 3.15. The largest absolute Gasteiger partial charge is 0.331 e. The minimum atomic E-state index is -3.30. The van der Waals surface area contributed by atoms with Gasteiger partial charge in [-0.15, -0.1) is 0 Å². The van der Waals surface area contributed by atoms with E-state index < -0.39 is 10.0 Å². The molecule has 1 heterocycles. The van der Waals surface area contributed by atoms with E-state index in [0.29, 0.717) is 5.69 Å². The molecule has 0 amide bonds. The van der Waals surface area contributed by atoms with Gasteiger partial charge in [-0.25, -0.2) is 13.4 Å². The van der Waals surface area contributed by atoms with Crippen molar-refractivity contribution in [1.82, 2.24) is 9.55 Å². The Morgan fingerprint density at radius 3 is 2.33 bits per heavy atom. The Bertz CT molecular complexity index is 1140. The van der Waals surface area contributed by atoms with Gasteiger partial charge in [0.15, 0.2) is 0 Å². The lowest BCUT2D eigenvalue weighted by Crippen LogP contribution is -2.24. The highest BCUT2D eigenvalue weighted by molar-refractivity contribution is 15.0. The Hall–Kier alpha value is -1.21. The van der Waals surface area contributed by atoms with E-state index in [1.165, 1.54) is 16.1 Å². The van der Waals surface area contributed by atoms with Crippen LogP contribution in [0.2, 0.25) is 0 Å². The summed E-state index contributed by atoms with van der Waals surface area (Å²) in [5.74, 6) is 0.976. The zero-order chi connectivity index (χ0) is 22.5. The summed E-state index contributed by atoms with van der Waals surface area (Å²) in [6.45, 7) is 2.00. The molecule has 0 radical (unpaired) electrons. The molecule has 0 saturated carbocycles. The Balaban J connectivity index is 0.00000155. The third-order valence-electron chi connectivity index (χ3n) is 5.16. The molecule has 0 aliphatic carbocycles. The van der Waals surface area contributed by atoms with E-state index in [9.17, 15) is 8.42 Å². The van der Waals surface area contributed by atoms with Crippen LogP contribution in [0.25, 0.3) is 11.0 Å². The van der Waals surface area contributed by atoms with Crippen molar-refractivity contribution < 1.29 is 8.42 Å². The van der Waals surface area contributed by atoms with Gasteiger partial charge < -0.3 is 4.57 Å². The SMILES string of the molecule is CN=C(C)c1ccc(CCc2nc3cc(N(C)S(C)(=O)=O)ccc3n2C)cc1.II. The number of aryl methyl sites for hydroxylation is 3. The molecule has 0 saturated heterocycles. The van der Waals surface area contributed by atoms with Crippen molar-refractivity contribution in [1.29, 1.82) is 0 Å². The molecule has 1 aromatic heterocycles. The van der Waals surface area contributed by atoms with Gasteiger partial charge in [0.2, 0.25) is 10.0 Å². The molecule has 0 atom stereocenters. The van der Waals surface area contributed by atoms with E-state index >= 15 is 0 Å². The van der Waals surface area contributed by atoms with Crippen molar-refractivity contribution >= 4 is 69.7 Å². The molecular formula is C21H26I2N4O2S. The molecule has 3 aromatic rings. The molecule has 0 N–H and O–H groups in total. The summed E-state index contributed by atoms with van der Waals surface area (Å²) >= 11 is 4.24. The van der Waals surface area contributed by atoms with E-state index in [4.69, 9.17) is 4.98 Å². The number of aromatic nitrogens is 2.